The topological polar surface area (TPSA) is 27.3 Å². The molecule has 0 amide bonds. The molecule has 0 aliphatic heterocycles. The van der Waals surface area contributed by atoms with Gasteiger partial charge in [0.1, 0.15) is 57.1 Å². The largest absolute Gasteiger partial charge is 0.457 e. The van der Waals surface area contributed by atoms with Gasteiger partial charge in [0.05, 0.1) is 0 Å². The van der Waals surface area contributed by atoms with E-state index < -0.39 is 0 Å². The van der Waals surface area contributed by atoms with Crippen LogP contribution in [0, 0.1) is 0 Å². The zero-order valence-electron chi connectivity index (χ0n) is 28.6. The van der Waals surface area contributed by atoms with Gasteiger partial charge >= 0.3 is 0 Å². The minimum atomic E-state index is 0.787. The monoisotopic (exact) mass is 674 g/mol. The molecule has 0 aliphatic carbocycles. The van der Waals surface area contributed by atoms with Gasteiger partial charge in [-0.3, -0.25) is 0 Å². The summed E-state index contributed by atoms with van der Waals surface area (Å²) in [4.78, 5) is 2.39. The lowest BCUT2D eigenvalue weighted by Gasteiger charge is -2.18. The Morgan fingerprint density at radius 1 is 0.212 bits per heavy atom. The van der Waals surface area contributed by atoms with E-state index in [1.54, 1.807) is 0 Å². The minimum absolute atomic E-state index is 0.787. The molecule has 0 atom stereocenters. The highest BCUT2D eigenvalue weighted by molar-refractivity contribution is 5.65. The first kappa shape index (κ1) is 32.5. The van der Waals surface area contributed by atoms with Crippen molar-refractivity contribution in [2.75, 3.05) is 0 Å². The molecule has 0 heterocycles. The average molecular weight is 675 g/mol. The van der Waals surface area contributed by atoms with Crippen LogP contribution in [-0.2, 0) is 0 Å². The van der Waals surface area contributed by atoms with Crippen molar-refractivity contribution in [1.82, 2.24) is 0 Å². The van der Waals surface area contributed by atoms with Crippen LogP contribution < -0.4 is 19.3 Å². The van der Waals surface area contributed by atoms with Crippen LogP contribution in [0.5, 0.6) is 23.0 Å². The van der Waals surface area contributed by atoms with Gasteiger partial charge in [-0.2, -0.15) is 0 Å². The Morgan fingerprint density at radius 3 is 0.673 bits per heavy atom. The predicted molar refractivity (Wildman–Crippen MR) is 211 cm³/mol. The van der Waals surface area contributed by atoms with Crippen LogP contribution >= 0.6 is 0 Å². The van der Waals surface area contributed by atoms with E-state index in [4.69, 9.17) is 9.47 Å². The van der Waals surface area contributed by atoms with E-state index in [1.807, 2.05) is 72.8 Å². The molecule has 0 radical (unpaired) electrons. The van der Waals surface area contributed by atoms with Crippen LogP contribution in [0.4, 0.5) is 34.1 Å². The maximum absolute atomic E-state index is 6.24. The molecule has 8 rings (SSSR count). The second-order valence-corrected chi connectivity index (χ2v) is 12.5. The molecule has 4 nitrogen and oxygen atoms in total. The first-order chi connectivity index (χ1) is 25.8. The van der Waals surface area contributed by atoms with Gasteiger partial charge in [0, 0.05) is 24.3 Å². The number of para-hydroxylation sites is 4. The van der Waals surface area contributed by atoms with Crippen LogP contribution in [0.25, 0.3) is 11.1 Å². The molecule has 0 bridgehead atoms. The lowest BCUT2D eigenvalue weighted by atomic mass is 10.1. The highest BCUT2D eigenvalue weighted by Crippen LogP contribution is 2.30. The summed E-state index contributed by atoms with van der Waals surface area (Å²) in [5.74, 6) is 3.16. The van der Waals surface area contributed by atoms with Crippen molar-refractivity contribution in [3.63, 3.8) is 0 Å². The number of ether oxygens (including phenoxy) is 2. The molecule has 2 N–H and O–H groups in total. The fourth-order valence-electron chi connectivity index (χ4n) is 6.50. The third-order valence-corrected chi connectivity index (χ3v) is 9.05. The van der Waals surface area contributed by atoms with E-state index in [2.05, 4.69) is 146 Å². The van der Waals surface area contributed by atoms with Gasteiger partial charge in [0.25, 0.3) is 0 Å². The van der Waals surface area contributed by atoms with Gasteiger partial charge in [0.15, 0.2) is 0 Å². The first-order valence-electron chi connectivity index (χ1n) is 17.5. The van der Waals surface area contributed by atoms with E-state index in [0.717, 1.165) is 45.5 Å². The normalized spacial score (nSPS) is 11.0. The van der Waals surface area contributed by atoms with E-state index in [0.29, 0.717) is 0 Å². The molecule has 0 fully saturated rings. The number of quaternary nitrogens is 2. The van der Waals surface area contributed by atoms with Crippen molar-refractivity contribution in [2.24, 2.45) is 0 Å². The van der Waals surface area contributed by atoms with Gasteiger partial charge in [0.2, 0.25) is 0 Å². The number of hydrogen-bond acceptors (Lipinski definition) is 2. The fraction of sp³-hybridized carbons (Fsp3) is 0. The van der Waals surface area contributed by atoms with E-state index in [9.17, 15) is 0 Å². The summed E-state index contributed by atoms with van der Waals surface area (Å²) in [6, 6.07) is 75.1. The maximum Gasteiger partial charge on any atom is 0.141 e. The third kappa shape index (κ3) is 7.54. The van der Waals surface area contributed by atoms with Gasteiger partial charge < -0.3 is 9.47 Å². The molecule has 52 heavy (non-hydrogen) atoms. The molecule has 0 spiro atoms. The Kier molecular flexibility index (Phi) is 9.65. The average Bonchev–Trinajstić information content (AvgIpc) is 3.22. The minimum Gasteiger partial charge on any atom is -0.457 e. The number of nitrogens with one attached hydrogen (secondary N) is 2. The Morgan fingerprint density at radius 2 is 0.423 bits per heavy atom. The summed E-state index contributed by atoms with van der Waals surface area (Å²) in [7, 11) is 0. The summed E-state index contributed by atoms with van der Waals surface area (Å²) >= 11 is 0. The lowest BCUT2D eigenvalue weighted by Crippen LogP contribution is -2.96. The van der Waals surface area contributed by atoms with Crippen molar-refractivity contribution in [3.8, 4) is 34.1 Å². The fourth-order valence-corrected chi connectivity index (χ4v) is 6.50. The van der Waals surface area contributed by atoms with Crippen LogP contribution in [0.1, 0.15) is 0 Å². The molecule has 8 aromatic carbocycles. The van der Waals surface area contributed by atoms with E-state index in [1.165, 1.54) is 32.5 Å². The molecule has 4 heteroatoms. The van der Waals surface area contributed by atoms with Crippen LogP contribution in [0.2, 0.25) is 0 Å². The SMILES string of the molecule is c1ccc([NH+](c2ccccc2)c2ccc(Oc3ccc(-c4ccc(Oc5ccc([NH+](c6ccccc6)c6ccccc6)cc5)cc4)cc3)cc2)cc1. The van der Waals surface area contributed by atoms with Gasteiger partial charge in [-0.05, 0) is 108 Å². The third-order valence-electron chi connectivity index (χ3n) is 9.05. The summed E-state index contributed by atoms with van der Waals surface area (Å²) in [6.45, 7) is 0. The quantitative estimate of drug-likeness (QED) is 0.143. The summed E-state index contributed by atoms with van der Waals surface area (Å²) in [5, 5.41) is 0. The van der Waals surface area contributed by atoms with Crippen molar-refractivity contribution < 1.29 is 19.3 Å². The Labute approximate surface area is 305 Å². The number of rotatable bonds is 11. The maximum atomic E-state index is 6.24. The van der Waals surface area contributed by atoms with Gasteiger partial charge in [-0.1, -0.05) is 97.1 Å². The second kappa shape index (κ2) is 15.4. The summed E-state index contributed by atoms with van der Waals surface area (Å²) < 4.78 is 12.5. The molecular weight excluding hydrogens is 637 g/mol. The number of benzene rings is 8. The van der Waals surface area contributed by atoms with Gasteiger partial charge in [-0.25, -0.2) is 9.80 Å². The Bertz CT molecular complexity index is 2050. The zero-order chi connectivity index (χ0) is 35.0. The molecule has 8 aromatic rings. The number of hydrogen-bond donors (Lipinski definition) is 2. The lowest BCUT2D eigenvalue weighted by molar-refractivity contribution is -0.681. The first-order valence-corrected chi connectivity index (χ1v) is 17.5. The van der Waals surface area contributed by atoms with E-state index in [-0.39, 0.29) is 0 Å². The smallest absolute Gasteiger partial charge is 0.141 e. The Balaban J connectivity index is 0.914. The van der Waals surface area contributed by atoms with Gasteiger partial charge in [-0.15, -0.1) is 0 Å². The Hall–Kier alpha value is -6.72. The summed E-state index contributed by atoms with van der Waals surface area (Å²) in [5.41, 5.74) is 9.22. The van der Waals surface area contributed by atoms with Crippen molar-refractivity contribution in [3.05, 3.63) is 218 Å². The molecule has 0 aromatic heterocycles. The predicted octanol–water partition coefficient (Wildman–Crippen LogP) is 11.3. The van der Waals surface area contributed by atoms with Crippen LogP contribution in [0.3, 0.4) is 0 Å². The molecule has 250 valence electrons. The van der Waals surface area contributed by atoms with Crippen molar-refractivity contribution >= 4 is 34.1 Å². The standard InChI is InChI=1S/C48H36N2O2/c1-5-13-39(14-6-1)49(40-15-7-2-8-16-40)43-25-33-47(34-26-43)51-45-29-21-37(22-30-45)38-23-31-46(32-24-38)52-48-35-27-44(28-36-48)50(41-17-9-3-10-18-41)42-19-11-4-12-20-42/h1-36H/p+2. The highest BCUT2D eigenvalue weighted by atomic mass is 16.5. The molecule has 0 saturated heterocycles. The molecular formula is C48H38N2O2+2. The summed E-state index contributed by atoms with van der Waals surface area (Å²) in [6.07, 6.45) is 0. The molecule has 0 aliphatic rings. The van der Waals surface area contributed by atoms with Crippen LogP contribution in [-0.4, -0.2) is 0 Å². The molecule has 0 saturated carbocycles. The van der Waals surface area contributed by atoms with E-state index >= 15 is 0 Å². The highest BCUT2D eigenvalue weighted by Gasteiger charge is 2.20. The van der Waals surface area contributed by atoms with Crippen molar-refractivity contribution in [1.29, 1.82) is 0 Å². The van der Waals surface area contributed by atoms with Crippen LogP contribution in [0.15, 0.2) is 218 Å². The molecule has 0 unspecified atom stereocenters. The second-order valence-electron chi connectivity index (χ2n) is 12.5. The van der Waals surface area contributed by atoms with Crippen molar-refractivity contribution in [2.45, 2.75) is 0 Å². The zero-order valence-corrected chi connectivity index (χ0v) is 28.6.